The first kappa shape index (κ1) is 19.7. The predicted octanol–water partition coefficient (Wildman–Crippen LogP) is 5.30. The Morgan fingerprint density at radius 1 is 1.26 bits per heavy atom. The van der Waals surface area contributed by atoms with Crippen LogP contribution in [-0.4, -0.2) is 11.9 Å². The van der Waals surface area contributed by atoms with Crippen LogP contribution in [0.1, 0.15) is 48.0 Å². The maximum Gasteiger partial charge on any atom is 0.324 e. The van der Waals surface area contributed by atoms with Crippen molar-refractivity contribution in [3.05, 3.63) is 45.3 Å². The van der Waals surface area contributed by atoms with Gasteiger partial charge in [-0.25, -0.2) is 4.79 Å². The van der Waals surface area contributed by atoms with E-state index in [0.29, 0.717) is 27.2 Å². The molecule has 1 atom stereocenters. The van der Waals surface area contributed by atoms with Gasteiger partial charge in [0.05, 0.1) is 5.56 Å². The van der Waals surface area contributed by atoms with Gasteiger partial charge in [-0.15, -0.1) is 11.3 Å². The van der Waals surface area contributed by atoms with Gasteiger partial charge in [0.25, 0.3) is 5.91 Å². The maximum atomic E-state index is 12.4. The number of primary amides is 1. The summed E-state index contributed by atoms with van der Waals surface area (Å²) in [4.78, 5) is 25.6. The molecule has 1 aromatic carbocycles. The first-order valence-corrected chi connectivity index (χ1v) is 10.1. The van der Waals surface area contributed by atoms with Gasteiger partial charge in [0.1, 0.15) is 5.00 Å². The first-order chi connectivity index (χ1) is 12.6. The maximum absolute atomic E-state index is 12.4. The quantitative estimate of drug-likeness (QED) is 0.647. The molecule has 0 unspecified atom stereocenters. The van der Waals surface area contributed by atoms with Crippen molar-refractivity contribution in [3.63, 3.8) is 0 Å². The van der Waals surface area contributed by atoms with Crippen LogP contribution in [0.4, 0.5) is 15.5 Å². The molecule has 1 heterocycles. The Kier molecular flexibility index (Phi) is 5.49. The summed E-state index contributed by atoms with van der Waals surface area (Å²) in [6.07, 6.45) is 2.73. The summed E-state index contributed by atoms with van der Waals surface area (Å²) in [6, 6.07) is 6.46. The third-order valence-corrected chi connectivity index (χ3v) is 6.45. The molecule has 0 bridgehead atoms. The molecule has 27 heavy (non-hydrogen) atoms. The molecule has 4 N–H and O–H groups in total. The minimum atomic E-state index is -0.500. The van der Waals surface area contributed by atoms with Gasteiger partial charge in [-0.1, -0.05) is 38.4 Å². The van der Waals surface area contributed by atoms with E-state index in [1.807, 2.05) is 0 Å². The van der Waals surface area contributed by atoms with Gasteiger partial charge in [-0.3, -0.25) is 10.1 Å². The van der Waals surface area contributed by atoms with E-state index < -0.39 is 11.9 Å². The van der Waals surface area contributed by atoms with E-state index in [-0.39, 0.29) is 5.41 Å². The summed E-state index contributed by atoms with van der Waals surface area (Å²) < 4.78 is 0. The van der Waals surface area contributed by atoms with E-state index in [4.69, 9.17) is 17.3 Å². The molecule has 3 rings (SSSR count). The molecular formula is C20H24ClN3O2S. The predicted molar refractivity (Wildman–Crippen MR) is 112 cm³/mol. The highest BCUT2D eigenvalue weighted by Gasteiger charge is 2.33. The molecule has 1 aliphatic rings. The minimum absolute atomic E-state index is 0.201. The van der Waals surface area contributed by atoms with Crippen LogP contribution in [0.2, 0.25) is 5.02 Å². The highest BCUT2D eigenvalue weighted by Crippen LogP contribution is 2.44. The summed E-state index contributed by atoms with van der Waals surface area (Å²) in [5.74, 6) is 0.0391. The van der Waals surface area contributed by atoms with Crippen LogP contribution in [0.5, 0.6) is 0 Å². The van der Waals surface area contributed by atoms with Crippen LogP contribution >= 0.6 is 22.9 Å². The summed E-state index contributed by atoms with van der Waals surface area (Å²) in [5.41, 5.74) is 7.85. The van der Waals surface area contributed by atoms with Gasteiger partial charge in [-0.2, -0.15) is 0 Å². The van der Waals surface area contributed by atoms with Gasteiger partial charge in [0, 0.05) is 15.6 Å². The molecule has 1 aliphatic carbocycles. The average Bonchev–Trinajstić information content (AvgIpc) is 2.90. The zero-order valence-electron chi connectivity index (χ0n) is 15.7. The Labute approximate surface area is 168 Å². The number of nitrogens with one attached hydrogen (secondary N) is 2. The second-order valence-electron chi connectivity index (χ2n) is 7.97. The third kappa shape index (κ3) is 4.45. The van der Waals surface area contributed by atoms with Crippen LogP contribution in [0.3, 0.4) is 0 Å². The van der Waals surface area contributed by atoms with E-state index in [0.717, 1.165) is 29.7 Å². The molecule has 144 valence electrons. The fourth-order valence-electron chi connectivity index (χ4n) is 3.51. The molecule has 0 saturated carbocycles. The van der Waals surface area contributed by atoms with Gasteiger partial charge in [-0.05, 0) is 54.4 Å². The molecule has 7 heteroatoms. The van der Waals surface area contributed by atoms with Crippen molar-refractivity contribution in [2.45, 2.75) is 40.0 Å². The van der Waals surface area contributed by atoms with Crippen molar-refractivity contribution >= 4 is 45.6 Å². The second-order valence-corrected chi connectivity index (χ2v) is 9.51. The molecular weight excluding hydrogens is 382 g/mol. The Hall–Kier alpha value is -2.05. The highest BCUT2D eigenvalue weighted by molar-refractivity contribution is 7.17. The van der Waals surface area contributed by atoms with E-state index >= 15 is 0 Å². The Bertz CT molecular complexity index is 886. The average molecular weight is 406 g/mol. The second kappa shape index (κ2) is 7.52. The molecule has 0 spiro atoms. The molecule has 0 saturated heterocycles. The van der Waals surface area contributed by atoms with E-state index in [9.17, 15) is 9.59 Å². The standard InChI is InChI=1S/C20H24ClN3O2S/c1-20(2,3)11-7-8-14-15(9-11)27-18(16(14)17(22)25)24-19(26)23-13-6-4-5-12(21)10-13/h4-6,10-11H,7-9H2,1-3H3,(H2,22,25)(H2,23,24,26)/t11-/m1/s1. The molecule has 0 radical (unpaired) electrons. The lowest BCUT2D eigenvalue weighted by atomic mass is 9.72. The number of rotatable bonds is 3. The van der Waals surface area contributed by atoms with Crippen molar-refractivity contribution in [2.75, 3.05) is 10.6 Å². The molecule has 2 aromatic rings. The van der Waals surface area contributed by atoms with Crippen LogP contribution in [-0.2, 0) is 12.8 Å². The third-order valence-electron chi connectivity index (χ3n) is 5.05. The Morgan fingerprint density at radius 2 is 2.00 bits per heavy atom. The highest BCUT2D eigenvalue weighted by atomic mass is 35.5. The molecule has 5 nitrogen and oxygen atoms in total. The number of anilines is 2. The number of hydrogen-bond donors (Lipinski definition) is 3. The largest absolute Gasteiger partial charge is 0.365 e. The number of halogens is 1. The number of fused-ring (bicyclic) bond motifs is 1. The minimum Gasteiger partial charge on any atom is -0.365 e. The zero-order chi connectivity index (χ0) is 19.8. The first-order valence-electron chi connectivity index (χ1n) is 8.93. The van der Waals surface area contributed by atoms with Crippen LogP contribution in [0.15, 0.2) is 24.3 Å². The van der Waals surface area contributed by atoms with E-state index in [2.05, 4.69) is 31.4 Å². The SMILES string of the molecule is CC(C)(C)[C@@H]1CCc2c(sc(NC(=O)Nc3cccc(Cl)c3)c2C(N)=O)C1. The van der Waals surface area contributed by atoms with Crippen molar-refractivity contribution in [1.82, 2.24) is 0 Å². The number of carbonyl (C=O) groups is 2. The van der Waals surface area contributed by atoms with Crippen molar-refractivity contribution < 1.29 is 9.59 Å². The van der Waals surface area contributed by atoms with Gasteiger partial charge >= 0.3 is 6.03 Å². The van der Waals surface area contributed by atoms with Crippen LogP contribution < -0.4 is 16.4 Å². The van der Waals surface area contributed by atoms with Gasteiger partial charge in [0.2, 0.25) is 0 Å². The Morgan fingerprint density at radius 3 is 2.63 bits per heavy atom. The van der Waals surface area contributed by atoms with Crippen molar-refractivity contribution in [1.29, 1.82) is 0 Å². The Balaban J connectivity index is 1.82. The number of amides is 3. The van der Waals surface area contributed by atoms with Gasteiger partial charge < -0.3 is 11.1 Å². The number of urea groups is 1. The topological polar surface area (TPSA) is 84.2 Å². The summed E-state index contributed by atoms with van der Waals surface area (Å²) in [5, 5.41) is 6.57. The molecule has 1 aromatic heterocycles. The fourth-order valence-corrected chi connectivity index (χ4v) is 5.02. The zero-order valence-corrected chi connectivity index (χ0v) is 17.3. The fraction of sp³-hybridized carbons (Fsp3) is 0.400. The summed E-state index contributed by atoms with van der Waals surface area (Å²) in [7, 11) is 0. The number of hydrogen-bond acceptors (Lipinski definition) is 3. The van der Waals surface area contributed by atoms with Crippen LogP contribution in [0, 0.1) is 11.3 Å². The number of thiophene rings is 1. The molecule has 0 fully saturated rings. The number of nitrogens with two attached hydrogens (primary N) is 1. The smallest absolute Gasteiger partial charge is 0.324 e. The number of benzene rings is 1. The summed E-state index contributed by atoms with van der Waals surface area (Å²) in [6.45, 7) is 6.72. The van der Waals surface area contributed by atoms with E-state index in [1.54, 1.807) is 24.3 Å². The van der Waals surface area contributed by atoms with Crippen LogP contribution in [0.25, 0.3) is 0 Å². The lowest BCUT2D eigenvalue weighted by molar-refractivity contribution is 0.1000. The monoisotopic (exact) mass is 405 g/mol. The lowest BCUT2D eigenvalue weighted by Gasteiger charge is -2.33. The molecule has 0 aliphatic heterocycles. The lowest BCUT2D eigenvalue weighted by Crippen LogP contribution is -2.27. The summed E-state index contributed by atoms with van der Waals surface area (Å²) >= 11 is 7.40. The number of carbonyl (C=O) groups excluding carboxylic acids is 2. The van der Waals surface area contributed by atoms with Gasteiger partial charge in [0.15, 0.2) is 0 Å². The normalized spacial score (nSPS) is 16.5. The van der Waals surface area contributed by atoms with Crippen molar-refractivity contribution in [2.24, 2.45) is 17.1 Å². The molecule has 3 amide bonds. The van der Waals surface area contributed by atoms with E-state index in [1.165, 1.54) is 11.3 Å². The van der Waals surface area contributed by atoms with Crippen molar-refractivity contribution in [3.8, 4) is 0 Å².